The highest BCUT2D eigenvalue weighted by Crippen LogP contribution is 2.23. The molecule has 0 aliphatic carbocycles. The Morgan fingerprint density at radius 2 is 1.74 bits per heavy atom. The molecule has 2 aromatic carbocycles. The third-order valence-corrected chi connectivity index (χ3v) is 5.78. The number of para-hydroxylation sites is 1. The second-order valence-corrected chi connectivity index (χ2v) is 8.05. The summed E-state index contributed by atoms with van der Waals surface area (Å²) < 4.78 is 0. The van der Waals surface area contributed by atoms with Crippen molar-refractivity contribution in [2.75, 3.05) is 12.4 Å². The number of carboxylic acids is 1. The van der Waals surface area contributed by atoms with E-state index in [0.29, 0.717) is 5.56 Å². The molecule has 4 aromatic rings. The summed E-state index contributed by atoms with van der Waals surface area (Å²) in [5, 5.41) is 12.9. The van der Waals surface area contributed by atoms with Crippen LogP contribution in [0.25, 0.3) is 17.0 Å². The molecule has 8 heteroatoms. The number of rotatable bonds is 7. The number of aromatic amines is 1. The van der Waals surface area contributed by atoms with E-state index >= 15 is 0 Å². The molecule has 2 heterocycles. The minimum Gasteiger partial charge on any atom is -0.478 e. The van der Waals surface area contributed by atoms with Crippen LogP contribution in [0.2, 0.25) is 0 Å². The summed E-state index contributed by atoms with van der Waals surface area (Å²) in [6.45, 7) is 1.96. The third kappa shape index (κ3) is 5.27. The molecule has 1 atom stereocenters. The van der Waals surface area contributed by atoms with Crippen LogP contribution in [0.3, 0.4) is 0 Å². The fourth-order valence-electron chi connectivity index (χ4n) is 3.63. The van der Waals surface area contributed by atoms with Crippen molar-refractivity contribution in [3.05, 3.63) is 101 Å². The van der Waals surface area contributed by atoms with Crippen molar-refractivity contribution < 1.29 is 19.5 Å². The van der Waals surface area contributed by atoms with Gasteiger partial charge < -0.3 is 20.3 Å². The number of H-pyrrole nitrogens is 1. The van der Waals surface area contributed by atoms with E-state index in [9.17, 15) is 19.5 Å². The van der Waals surface area contributed by atoms with Crippen LogP contribution in [0.1, 0.15) is 44.9 Å². The summed E-state index contributed by atoms with van der Waals surface area (Å²) in [6, 6.07) is 19.1. The number of anilines is 1. The molecule has 0 saturated heterocycles. The van der Waals surface area contributed by atoms with E-state index < -0.39 is 11.9 Å². The average molecular weight is 469 g/mol. The number of carboxylic acid groups (broad SMARTS) is 1. The molecule has 2 aromatic heterocycles. The van der Waals surface area contributed by atoms with Crippen LogP contribution in [0.15, 0.2) is 79.0 Å². The number of hydrogen-bond acceptors (Lipinski definition) is 4. The van der Waals surface area contributed by atoms with E-state index in [1.54, 1.807) is 42.3 Å². The van der Waals surface area contributed by atoms with Gasteiger partial charge in [0.2, 0.25) is 5.91 Å². The SMILES string of the molecule is CC(c1cc2ccccc2[nH]1)N(C)C(=O)/C=C/c1ccc(NC(=O)c2ccccc2C(=O)O)nc1. The fraction of sp³-hybridized carbons (Fsp3) is 0.111. The first-order chi connectivity index (χ1) is 16.8. The first-order valence-electron chi connectivity index (χ1n) is 11.0. The maximum Gasteiger partial charge on any atom is 0.336 e. The van der Waals surface area contributed by atoms with Gasteiger partial charge in [0.15, 0.2) is 0 Å². The van der Waals surface area contributed by atoms with Gasteiger partial charge in [-0.05, 0) is 60.3 Å². The van der Waals surface area contributed by atoms with Crippen LogP contribution in [0, 0.1) is 0 Å². The van der Waals surface area contributed by atoms with E-state index in [1.165, 1.54) is 24.4 Å². The monoisotopic (exact) mass is 468 g/mol. The molecule has 1 unspecified atom stereocenters. The van der Waals surface area contributed by atoms with Crippen molar-refractivity contribution in [1.29, 1.82) is 0 Å². The number of nitrogens with zero attached hydrogens (tertiary/aromatic N) is 2. The summed E-state index contributed by atoms with van der Waals surface area (Å²) in [5.41, 5.74) is 2.60. The Morgan fingerprint density at radius 3 is 2.43 bits per heavy atom. The molecule has 176 valence electrons. The number of hydrogen-bond donors (Lipinski definition) is 3. The largest absolute Gasteiger partial charge is 0.478 e. The van der Waals surface area contributed by atoms with Crippen LogP contribution >= 0.6 is 0 Å². The summed E-state index contributed by atoms with van der Waals surface area (Å²) in [4.78, 5) is 45.7. The molecule has 35 heavy (non-hydrogen) atoms. The third-order valence-electron chi connectivity index (χ3n) is 5.78. The molecule has 0 aliphatic heterocycles. The lowest BCUT2D eigenvalue weighted by atomic mass is 10.1. The van der Waals surface area contributed by atoms with Crippen molar-refractivity contribution in [1.82, 2.24) is 14.9 Å². The number of carbonyl (C=O) groups excluding carboxylic acids is 2. The Bertz CT molecular complexity index is 1390. The van der Waals surface area contributed by atoms with E-state index in [2.05, 4.69) is 15.3 Å². The highest BCUT2D eigenvalue weighted by Gasteiger charge is 2.18. The molecule has 0 aliphatic rings. The van der Waals surface area contributed by atoms with Gasteiger partial charge in [-0.2, -0.15) is 0 Å². The number of pyridine rings is 1. The molecule has 4 rings (SSSR count). The summed E-state index contributed by atoms with van der Waals surface area (Å²) in [5.74, 6) is -1.65. The van der Waals surface area contributed by atoms with Gasteiger partial charge in [-0.25, -0.2) is 9.78 Å². The van der Waals surface area contributed by atoms with Gasteiger partial charge in [0.25, 0.3) is 5.91 Å². The van der Waals surface area contributed by atoms with E-state index in [4.69, 9.17) is 0 Å². The summed E-state index contributed by atoms with van der Waals surface area (Å²) >= 11 is 0. The fourth-order valence-corrected chi connectivity index (χ4v) is 3.63. The quantitative estimate of drug-likeness (QED) is 0.339. The molecule has 0 fully saturated rings. The second-order valence-electron chi connectivity index (χ2n) is 8.05. The number of aromatic nitrogens is 2. The maximum absolute atomic E-state index is 12.7. The standard InChI is InChI=1S/C27H24N4O4/c1-17(23-15-19-7-3-6-10-22(19)29-23)31(2)25(32)14-12-18-11-13-24(28-16-18)30-26(33)20-8-4-5-9-21(20)27(34)35/h3-17,29H,1-2H3,(H,34,35)(H,28,30,33)/b14-12+. The predicted octanol–water partition coefficient (Wildman–Crippen LogP) is 4.75. The van der Waals surface area contributed by atoms with Gasteiger partial charge in [0, 0.05) is 30.5 Å². The molecule has 2 amide bonds. The normalized spacial score (nSPS) is 11.9. The lowest BCUT2D eigenvalue weighted by molar-refractivity contribution is -0.126. The highest BCUT2D eigenvalue weighted by atomic mass is 16.4. The van der Waals surface area contributed by atoms with Gasteiger partial charge >= 0.3 is 5.97 Å². The van der Waals surface area contributed by atoms with Crippen LogP contribution in [0.4, 0.5) is 5.82 Å². The highest BCUT2D eigenvalue weighted by molar-refractivity contribution is 6.10. The van der Waals surface area contributed by atoms with Crippen molar-refractivity contribution in [3.63, 3.8) is 0 Å². The van der Waals surface area contributed by atoms with Crippen LogP contribution in [-0.4, -0.2) is 44.8 Å². The number of amides is 2. The van der Waals surface area contributed by atoms with Gasteiger partial charge in [-0.15, -0.1) is 0 Å². The Morgan fingerprint density at radius 1 is 1.03 bits per heavy atom. The zero-order valence-corrected chi connectivity index (χ0v) is 19.2. The average Bonchev–Trinajstić information content (AvgIpc) is 3.31. The Balaban J connectivity index is 1.39. The van der Waals surface area contributed by atoms with E-state index in [0.717, 1.165) is 16.6 Å². The second kappa shape index (κ2) is 10.0. The van der Waals surface area contributed by atoms with Crippen molar-refractivity contribution in [2.45, 2.75) is 13.0 Å². The van der Waals surface area contributed by atoms with Crippen molar-refractivity contribution in [3.8, 4) is 0 Å². The molecule has 8 nitrogen and oxygen atoms in total. The Labute approximate surface area is 201 Å². The number of nitrogens with one attached hydrogen (secondary N) is 2. The molecule has 0 radical (unpaired) electrons. The zero-order chi connectivity index (χ0) is 24.9. The van der Waals surface area contributed by atoms with E-state index in [1.807, 2.05) is 37.3 Å². The molecule has 3 N–H and O–H groups in total. The van der Waals surface area contributed by atoms with Crippen LogP contribution < -0.4 is 5.32 Å². The number of likely N-dealkylation sites (N-methyl/N-ethyl adjacent to an activating group) is 1. The topological polar surface area (TPSA) is 115 Å². The Hall–Kier alpha value is -4.72. The smallest absolute Gasteiger partial charge is 0.336 e. The maximum atomic E-state index is 12.7. The first kappa shape index (κ1) is 23.4. The van der Waals surface area contributed by atoms with Gasteiger partial charge in [0.1, 0.15) is 5.82 Å². The lowest BCUT2D eigenvalue weighted by Gasteiger charge is -2.22. The van der Waals surface area contributed by atoms with Gasteiger partial charge in [-0.1, -0.05) is 30.3 Å². The number of carbonyl (C=O) groups is 3. The zero-order valence-electron chi connectivity index (χ0n) is 19.2. The molecule has 0 saturated carbocycles. The lowest BCUT2D eigenvalue weighted by Crippen LogP contribution is -2.28. The number of benzene rings is 2. The molecular weight excluding hydrogens is 444 g/mol. The molecule has 0 bridgehead atoms. The first-order valence-corrected chi connectivity index (χ1v) is 11.0. The number of fused-ring (bicyclic) bond motifs is 1. The summed E-state index contributed by atoms with van der Waals surface area (Å²) in [6.07, 6.45) is 4.64. The van der Waals surface area contributed by atoms with Gasteiger partial charge in [-0.3, -0.25) is 9.59 Å². The molecule has 0 spiro atoms. The summed E-state index contributed by atoms with van der Waals surface area (Å²) in [7, 11) is 1.74. The van der Waals surface area contributed by atoms with Crippen molar-refractivity contribution in [2.24, 2.45) is 0 Å². The van der Waals surface area contributed by atoms with Gasteiger partial charge in [0.05, 0.1) is 17.2 Å². The minimum absolute atomic E-state index is 0.0449. The minimum atomic E-state index is -1.18. The Kier molecular flexibility index (Phi) is 6.73. The predicted molar refractivity (Wildman–Crippen MR) is 134 cm³/mol. The molecular formula is C27H24N4O4. The number of aromatic carboxylic acids is 1. The van der Waals surface area contributed by atoms with Crippen LogP contribution in [0.5, 0.6) is 0 Å². The van der Waals surface area contributed by atoms with Crippen LogP contribution in [-0.2, 0) is 4.79 Å². The van der Waals surface area contributed by atoms with Crippen molar-refractivity contribution >= 4 is 40.6 Å². The van der Waals surface area contributed by atoms with E-state index in [-0.39, 0.29) is 28.9 Å².